The van der Waals surface area contributed by atoms with Crippen molar-refractivity contribution in [2.24, 2.45) is 0 Å². The molecular formula is C12H25N3O. The molecule has 1 amide bonds. The highest BCUT2D eigenvalue weighted by atomic mass is 16.1. The maximum atomic E-state index is 11.5. The van der Waals surface area contributed by atoms with Crippen molar-refractivity contribution in [3.63, 3.8) is 0 Å². The van der Waals surface area contributed by atoms with Crippen molar-refractivity contribution in [1.29, 1.82) is 0 Å². The second kappa shape index (κ2) is 7.63. The lowest BCUT2D eigenvalue weighted by Gasteiger charge is -2.22. The van der Waals surface area contributed by atoms with E-state index in [0.717, 1.165) is 26.1 Å². The lowest BCUT2D eigenvalue weighted by molar-refractivity contribution is -0.121. The van der Waals surface area contributed by atoms with Crippen LogP contribution in [0.4, 0.5) is 0 Å². The number of likely N-dealkylation sites (tertiary alicyclic amines) is 1. The number of amides is 1. The van der Waals surface area contributed by atoms with Crippen LogP contribution >= 0.6 is 0 Å². The summed E-state index contributed by atoms with van der Waals surface area (Å²) in [5, 5.41) is 6.09. The monoisotopic (exact) mass is 227 g/mol. The highest BCUT2D eigenvalue weighted by Crippen LogP contribution is 2.15. The van der Waals surface area contributed by atoms with E-state index in [1.165, 1.54) is 19.4 Å². The molecule has 0 aromatic heterocycles. The number of carbonyl (C=O) groups is 1. The lowest BCUT2D eigenvalue weighted by atomic mass is 10.2. The van der Waals surface area contributed by atoms with Gasteiger partial charge in [-0.25, -0.2) is 0 Å². The van der Waals surface area contributed by atoms with Gasteiger partial charge in [-0.15, -0.1) is 0 Å². The molecular weight excluding hydrogens is 202 g/mol. The Kier molecular flexibility index (Phi) is 6.42. The molecule has 0 spiro atoms. The number of nitrogens with one attached hydrogen (secondary N) is 2. The minimum absolute atomic E-state index is 0.193. The van der Waals surface area contributed by atoms with Crippen LogP contribution in [0.3, 0.4) is 0 Å². The molecule has 1 saturated heterocycles. The Morgan fingerprint density at radius 1 is 1.50 bits per heavy atom. The van der Waals surface area contributed by atoms with E-state index < -0.39 is 0 Å². The van der Waals surface area contributed by atoms with Crippen molar-refractivity contribution in [3.05, 3.63) is 0 Å². The standard InChI is InChI=1S/C12H25N3O/c1-3-15-9-5-6-11(15)10-14-12(16)7-4-8-13-2/h11,13H,3-10H2,1-2H3,(H,14,16). The molecule has 4 nitrogen and oxygen atoms in total. The van der Waals surface area contributed by atoms with Gasteiger partial charge in [-0.2, -0.15) is 0 Å². The lowest BCUT2D eigenvalue weighted by Crippen LogP contribution is -2.40. The van der Waals surface area contributed by atoms with Crippen molar-refractivity contribution < 1.29 is 4.79 Å². The Morgan fingerprint density at radius 3 is 3.00 bits per heavy atom. The van der Waals surface area contributed by atoms with E-state index in [1.807, 2.05) is 7.05 Å². The second-order valence-corrected chi connectivity index (χ2v) is 4.44. The first kappa shape index (κ1) is 13.5. The molecule has 1 unspecified atom stereocenters. The van der Waals surface area contributed by atoms with Crippen LogP contribution in [-0.2, 0) is 4.79 Å². The SMILES string of the molecule is CCN1CCCC1CNC(=O)CCCNC. The van der Waals surface area contributed by atoms with Crippen molar-refractivity contribution in [2.75, 3.05) is 33.2 Å². The molecule has 0 bridgehead atoms. The maximum Gasteiger partial charge on any atom is 0.220 e. The average Bonchev–Trinajstić information content (AvgIpc) is 2.74. The van der Waals surface area contributed by atoms with Crippen LogP contribution in [0, 0.1) is 0 Å². The van der Waals surface area contributed by atoms with Gasteiger partial charge in [0.05, 0.1) is 0 Å². The molecule has 4 heteroatoms. The third-order valence-electron chi connectivity index (χ3n) is 3.27. The number of rotatable bonds is 7. The molecule has 1 fully saturated rings. The third-order valence-corrected chi connectivity index (χ3v) is 3.27. The number of hydrogen-bond donors (Lipinski definition) is 2. The Morgan fingerprint density at radius 2 is 2.31 bits per heavy atom. The summed E-state index contributed by atoms with van der Waals surface area (Å²) >= 11 is 0. The van der Waals surface area contributed by atoms with Gasteiger partial charge in [0.1, 0.15) is 0 Å². The largest absolute Gasteiger partial charge is 0.355 e. The summed E-state index contributed by atoms with van der Waals surface area (Å²) in [5.74, 6) is 0.193. The summed E-state index contributed by atoms with van der Waals surface area (Å²) < 4.78 is 0. The second-order valence-electron chi connectivity index (χ2n) is 4.44. The molecule has 1 aliphatic rings. The van der Waals surface area contributed by atoms with E-state index in [1.54, 1.807) is 0 Å². The fraction of sp³-hybridized carbons (Fsp3) is 0.917. The zero-order chi connectivity index (χ0) is 11.8. The van der Waals surface area contributed by atoms with Gasteiger partial charge in [0.25, 0.3) is 0 Å². The fourth-order valence-corrected chi connectivity index (χ4v) is 2.29. The quantitative estimate of drug-likeness (QED) is 0.626. The molecule has 1 atom stereocenters. The van der Waals surface area contributed by atoms with Gasteiger partial charge in [-0.3, -0.25) is 9.69 Å². The van der Waals surface area contributed by atoms with Crippen LogP contribution in [0.25, 0.3) is 0 Å². The number of hydrogen-bond acceptors (Lipinski definition) is 3. The Bertz CT molecular complexity index is 208. The first-order valence-electron chi connectivity index (χ1n) is 6.43. The van der Waals surface area contributed by atoms with Gasteiger partial charge >= 0.3 is 0 Å². The van der Waals surface area contributed by atoms with Gasteiger partial charge in [0.2, 0.25) is 5.91 Å². The summed E-state index contributed by atoms with van der Waals surface area (Å²) in [4.78, 5) is 14.0. The molecule has 16 heavy (non-hydrogen) atoms. The highest BCUT2D eigenvalue weighted by molar-refractivity contribution is 5.75. The Labute approximate surface area is 98.8 Å². The smallest absolute Gasteiger partial charge is 0.220 e. The highest BCUT2D eigenvalue weighted by Gasteiger charge is 2.22. The summed E-state index contributed by atoms with van der Waals surface area (Å²) in [6, 6.07) is 0.568. The first-order chi connectivity index (χ1) is 7.77. The van der Waals surface area contributed by atoms with Crippen LogP contribution in [0.15, 0.2) is 0 Å². The van der Waals surface area contributed by atoms with Gasteiger partial charge in [-0.1, -0.05) is 6.92 Å². The topological polar surface area (TPSA) is 44.4 Å². The summed E-state index contributed by atoms with van der Waals surface area (Å²) in [5.41, 5.74) is 0. The van der Waals surface area contributed by atoms with Crippen LogP contribution in [0.1, 0.15) is 32.6 Å². The third kappa shape index (κ3) is 4.49. The molecule has 2 N–H and O–H groups in total. The fourth-order valence-electron chi connectivity index (χ4n) is 2.29. The molecule has 0 aromatic carbocycles. The van der Waals surface area contributed by atoms with Crippen LogP contribution in [0.2, 0.25) is 0 Å². The predicted octanol–water partition coefficient (Wildman–Crippen LogP) is 0.587. The zero-order valence-electron chi connectivity index (χ0n) is 10.6. The molecule has 0 radical (unpaired) electrons. The first-order valence-corrected chi connectivity index (χ1v) is 6.43. The minimum atomic E-state index is 0.193. The van der Waals surface area contributed by atoms with E-state index in [9.17, 15) is 4.79 Å². The Hall–Kier alpha value is -0.610. The van der Waals surface area contributed by atoms with Crippen molar-refractivity contribution in [1.82, 2.24) is 15.5 Å². The average molecular weight is 227 g/mol. The zero-order valence-corrected chi connectivity index (χ0v) is 10.6. The Balaban J connectivity index is 2.11. The van der Waals surface area contributed by atoms with Gasteiger partial charge in [0.15, 0.2) is 0 Å². The molecule has 1 heterocycles. The number of likely N-dealkylation sites (N-methyl/N-ethyl adjacent to an activating group) is 1. The van der Waals surface area contributed by atoms with E-state index in [4.69, 9.17) is 0 Å². The van der Waals surface area contributed by atoms with E-state index in [-0.39, 0.29) is 5.91 Å². The van der Waals surface area contributed by atoms with Crippen molar-refractivity contribution >= 4 is 5.91 Å². The van der Waals surface area contributed by atoms with Crippen molar-refractivity contribution in [3.8, 4) is 0 Å². The predicted molar refractivity (Wildman–Crippen MR) is 66.4 cm³/mol. The van der Waals surface area contributed by atoms with Gasteiger partial charge < -0.3 is 10.6 Å². The summed E-state index contributed by atoms with van der Waals surface area (Å²) in [6.07, 6.45) is 4.06. The molecule has 0 aliphatic carbocycles. The molecule has 1 rings (SSSR count). The minimum Gasteiger partial charge on any atom is -0.355 e. The summed E-state index contributed by atoms with van der Waals surface area (Å²) in [6.45, 7) is 6.22. The molecule has 0 saturated carbocycles. The van der Waals surface area contributed by atoms with Crippen LogP contribution in [-0.4, -0.2) is 50.1 Å². The van der Waals surface area contributed by atoms with Crippen molar-refractivity contribution in [2.45, 2.75) is 38.6 Å². The normalized spacial score (nSPS) is 21.2. The molecule has 0 aromatic rings. The van der Waals surface area contributed by atoms with Crippen LogP contribution < -0.4 is 10.6 Å². The number of nitrogens with zero attached hydrogens (tertiary/aromatic N) is 1. The van der Waals surface area contributed by atoms with E-state index in [0.29, 0.717) is 12.5 Å². The van der Waals surface area contributed by atoms with Gasteiger partial charge in [0, 0.05) is 19.0 Å². The number of carbonyl (C=O) groups excluding carboxylic acids is 1. The van der Waals surface area contributed by atoms with Gasteiger partial charge in [-0.05, 0) is 45.9 Å². The summed E-state index contributed by atoms with van der Waals surface area (Å²) in [7, 11) is 1.91. The van der Waals surface area contributed by atoms with E-state index >= 15 is 0 Å². The maximum absolute atomic E-state index is 11.5. The van der Waals surface area contributed by atoms with E-state index in [2.05, 4.69) is 22.5 Å². The van der Waals surface area contributed by atoms with Crippen LogP contribution in [0.5, 0.6) is 0 Å². The molecule has 1 aliphatic heterocycles. The molecule has 94 valence electrons.